The molecule has 1 aromatic carbocycles. The summed E-state index contributed by atoms with van der Waals surface area (Å²) in [5.74, 6) is 1.05. The number of pyridine rings is 1. The molecular formula is C24H34N6O. The van der Waals surface area contributed by atoms with E-state index in [9.17, 15) is 0 Å². The Balaban J connectivity index is 1.65. The third kappa shape index (κ3) is 3.71. The Labute approximate surface area is 184 Å². The molecule has 4 N–H and O–H groups in total. The number of ether oxygens (including phenoxy) is 1. The Kier molecular flexibility index (Phi) is 5.77. The number of nitrogens with zero attached hydrogens (tertiary/aromatic N) is 3. The van der Waals surface area contributed by atoms with Crippen LogP contribution in [-0.4, -0.2) is 59.0 Å². The second kappa shape index (κ2) is 8.22. The number of hydrogen-bond donors (Lipinski definition) is 3. The first-order valence-corrected chi connectivity index (χ1v) is 11.0. The van der Waals surface area contributed by atoms with Gasteiger partial charge >= 0.3 is 0 Å². The van der Waals surface area contributed by atoms with Gasteiger partial charge in [0.2, 0.25) is 0 Å². The van der Waals surface area contributed by atoms with Crippen LogP contribution >= 0.6 is 0 Å². The molecule has 2 aliphatic rings. The molecule has 4 unspecified atom stereocenters. The normalized spacial score (nSPS) is 29.4. The monoisotopic (exact) mass is 422 g/mol. The van der Waals surface area contributed by atoms with E-state index in [0.29, 0.717) is 11.6 Å². The van der Waals surface area contributed by atoms with Crippen molar-refractivity contribution in [3.05, 3.63) is 59.2 Å². The summed E-state index contributed by atoms with van der Waals surface area (Å²) in [6.07, 6.45) is 3.44. The van der Waals surface area contributed by atoms with Crippen LogP contribution in [0, 0.1) is 10.8 Å². The van der Waals surface area contributed by atoms with Crippen molar-refractivity contribution < 1.29 is 4.74 Å². The van der Waals surface area contributed by atoms with Gasteiger partial charge in [-0.3, -0.25) is 20.3 Å². The predicted molar refractivity (Wildman–Crippen MR) is 123 cm³/mol. The number of rotatable bonds is 3. The third-order valence-electron chi connectivity index (χ3n) is 7.46. The van der Waals surface area contributed by atoms with E-state index in [1.54, 1.807) is 16.8 Å². The molecule has 4 atom stereocenters. The molecule has 31 heavy (non-hydrogen) atoms. The van der Waals surface area contributed by atoms with Gasteiger partial charge in [0.05, 0.1) is 11.7 Å². The summed E-state index contributed by atoms with van der Waals surface area (Å²) in [6, 6.07) is 11.9. The Morgan fingerprint density at radius 2 is 1.81 bits per heavy atom. The first kappa shape index (κ1) is 21.7. The molecule has 166 valence electrons. The van der Waals surface area contributed by atoms with Crippen LogP contribution in [-0.2, 0) is 0 Å². The van der Waals surface area contributed by atoms with Crippen molar-refractivity contribution >= 4 is 5.84 Å². The zero-order chi connectivity index (χ0) is 22.3. The summed E-state index contributed by atoms with van der Waals surface area (Å²) in [5, 5.41) is 17.5. The van der Waals surface area contributed by atoms with Gasteiger partial charge in [-0.05, 0) is 64.0 Å². The minimum absolute atomic E-state index is 0.0463. The van der Waals surface area contributed by atoms with Gasteiger partial charge in [0.15, 0.2) is 0 Å². The molecule has 2 heterocycles. The molecule has 0 saturated carbocycles. The lowest BCUT2D eigenvalue weighted by Gasteiger charge is -2.51. The number of aromatic nitrogens is 1. The molecule has 4 rings (SSSR count). The van der Waals surface area contributed by atoms with Crippen LogP contribution in [0.1, 0.15) is 50.0 Å². The SMILES string of the molecule is CC1N(C)CCN(C)C1(C)C(=N)n1cc(OC2CCC(N)c3ccccc32)ccc1=N. The van der Waals surface area contributed by atoms with Gasteiger partial charge < -0.3 is 15.4 Å². The first-order chi connectivity index (χ1) is 14.7. The van der Waals surface area contributed by atoms with E-state index < -0.39 is 5.54 Å². The minimum Gasteiger partial charge on any atom is -0.484 e. The van der Waals surface area contributed by atoms with E-state index in [0.717, 1.165) is 37.1 Å². The van der Waals surface area contributed by atoms with Crippen molar-refractivity contribution in [3.63, 3.8) is 0 Å². The van der Waals surface area contributed by atoms with Gasteiger partial charge in [-0.15, -0.1) is 0 Å². The summed E-state index contributed by atoms with van der Waals surface area (Å²) in [7, 11) is 4.16. The van der Waals surface area contributed by atoms with Crippen LogP contribution in [0.4, 0.5) is 0 Å². The maximum atomic E-state index is 9.07. The molecule has 1 fully saturated rings. The van der Waals surface area contributed by atoms with Crippen LogP contribution in [0.3, 0.4) is 0 Å². The van der Waals surface area contributed by atoms with Gasteiger partial charge in [-0.1, -0.05) is 24.3 Å². The van der Waals surface area contributed by atoms with Crippen LogP contribution in [0.5, 0.6) is 5.75 Å². The van der Waals surface area contributed by atoms with Crippen LogP contribution < -0.4 is 16.0 Å². The Hall–Kier alpha value is -2.48. The highest BCUT2D eigenvalue weighted by Gasteiger charge is 2.45. The Morgan fingerprint density at radius 3 is 2.55 bits per heavy atom. The van der Waals surface area contributed by atoms with E-state index in [2.05, 4.69) is 49.9 Å². The largest absolute Gasteiger partial charge is 0.484 e. The lowest BCUT2D eigenvalue weighted by molar-refractivity contribution is 0.0336. The summed E-state index contributed by atoms with van der Waals surface area (Å²) < 4.78 is 8.05. The highest BCUT2D eigenvalue weighted by Crippen LogP contribution is 2.37. The van der Waals surface area contributed by atoms with Crippen molar-refractivity contribution in [2.24, 2.45) is 5.73 Å². The van der Waals surface area contributed by atoms with E-state index >= 15 is 0 Å². The average molecular weight is 423 g/mol. The molecule has 7 nitrogen and oxygen atoms in total. The zero-order valence-corrected chi connectivity index (χ0v) is 18.9. The van der Waals surface area contributed by atoms with Crippen molar-refractivity contribution in [3.8, 4) is 5.75 Å². The standard InChI is InChI=1S/C24H34N6O/c1-16-24(2,29(4)14-13-28(16)3)23(27)30-15-17(9-12-22(30)26)31-21-11-10-20(25)18-7-5-6-8-19(18)21/h5-9,12,15-16,20-21,26-27H,10-11,13-14,25H2,1-4H3. The molecular weight excluding hydrogens is 388 g/mol. The molecule has 0 bridgehead atoms. The van der Waals surface area contributed by atoms with E-state index in [1.807, 2.05) is 18.2 Å². The van der Waals surface area contributed by atoms with Crippen molar-refractivity contribution in [2.75, 3.05) is 27.2 Å². The predicted octanol–water partition coefficient (Wildman–Crippen LogP) is 2.73. The lowest BCUT2D eigenvalue weighted by Crippen LogP contribution is -2.68. The minimum atomic E-state index is -0.518. The number of nitrogens with two attached hydrogens (primary N) is 1. The summed E-state index contributed by atoms with van der Waals surface area (Å²) in [5.41, 5.74) is 8.33. The van der Waals surface area contributed by atoms with E-state index in [4.69, 9.17) is 21.3 Å². The fraction of sp³-hybridized carbons (Fsp3) is 0.500. The van der Waals surface area contributed by atoms with Gasteiger partial charge in [-0.2, -0.15) is 0 Å². The molecule has 1 saturated heterocycles. The number of nitrogens with one attached hydrogen (secondary N) is 2. The number of fused-ring (bicyclic) bond motifs is 1. The van der Waals surface area contributed by atoms with E-state index in [1.165, 1.54) is 0 Å². The van der Waals surface area contributed by atoms with Gasteiger partial charge in [0.25, 0.3) is 0 Å². The highest BCUT2D eigenvalue weighted by molar-refractivity contribution is 5.91. The molecule has 2 aromatic rings. The number of hydrogen-bond acceptors (Lipinski definition) is 6. The number of piperazine rings is 1. The average Bonchev–Trinajstić information content (AvgIpc) is 2.78. The fourth-order valence-electron chi connectivity index (χ4n) is 4.91. The second-order valence-corrected chi connectivity index (χ2v) is 9.11. The second-order valence-electron chi connectivity index (χ2n) is 9.11. The van der Waals surface area contributed by atoms with Crippen LogP contribution in [0.2, 0.25) is 0 Å². The summed E-state index contributed by atoms with van der Waals surface area (Å²) in [6.45, 7) is 6.08. The van der Waals surface area contributed by atoms with Crippen LogP contribution in [0.25, 0.3) is 0 Å². The number of benzene rings is 1. The van der Waals surface area contributed by atoms with Gasteiger partial charge in [0, 0.05) is 25.2 Å². The summed E-state index contributed by atoms with van der Waals surface area (Å²) >= 11 is 0. The first-order valence-electron chi connectivity index (χ1n) is 11.0. The molecule has 1 aliphatic heterocycles. The molecule has 7 heteroatoms. The number of likely N-dealkylation sites (N-methyl/N-ethyl adjacent to an activating group) is 2. The highest BCUT2D eigenvalue weighted by atomic mass is 16.5. The molecule has 1 aliphatic carbocycles. The van der Waals surface area contributed by atoms with E-state index in [-0.39, 0.29) is 23.7 Å². The maximum Gasteiger partial charge on any atom is 0.137 e. The van der Waals surface area contributed by atoms with Crippen LogP contribution in [0.15, 0.2) is 42.6 Å². The fourth-order valence-corrected chi connectivity index (χ4v) is 4.91. The zero-order valence-electron chi connectivity index (χ0n) is 18.9. The quantitative estimate of drug-likeness (QED) is 0.524. The smallest absolute Gasteiger partial charge is 0.137 e. The Morgan fingerprint density at radius 1 is 1.10 bits per heavy atom. The Bertz CT molecular complexity index is 1030. The third-order valence-corrected chi connectivity index (χ3v) is 7.46. The van der Waals surface area contributed by atoms with Crippen molar-refractivity contribution in [2.45, 2.75) is 50.4 Å². The van der Waals surface area contributed by atoms with Gasteiger partial charge in [0.1, 0.15) is 23.2 Å². The molecule has 0 spiro atoms. The maximum absolute atomic E-state index is 9.07. The van der Waals surface area contributed by atoms with Crippen molar-refractivity contribution in [1.82, 2.24) is 14.4 Å². The van der Waals surface area contributed by atoms with Crippen molar-refractivity contribution in [1.29, 1.82) is 10.8 Å². The molecule has 0 amide bonds. The van der Waals surface area contributed by atoms with Gasteiger partial charge in [-0.25, -0.2) is 0 Å². The molecule has 0 radical (unpaired) electrons. The lowest BCUT2D eigenvalue weighted by atomic mass is 9.86. The summed E-state index contributed by atoms with van der Waals surface area (Å²) in [4.78, 5) is 4.50. The topological polar surface area (TPSA) is 94.4 Å². The molecule has 1 aromatic heterocycles.